The lowest BCUT2D eigenvalue weighted by Crippen LogP contribution is -2.21. The second-order valence-corrected chi connectivity index (χ2v) is 5.18. The van der Waals surface area contributed by atoms with Crippen molar-refractivity contribution in [2.75, 3.05) is 13.2 Å². The van der Waals surface area contributed by atoms with E-state index in [2.05, 4.69) is 0 Å². The van der Waals surface area contributed by atoms with E-state index >= 15 is 0 Å². The average Bonchev–Trinajstić information content (AvgIpc) is 2.76. The van der Waals surface area contributed by atoms with Crippen LogP contribution in [0.15, 0.2) is 0 Å². The zero-order valence-electron chi connectivity index (χ0n) is 8.21. The molecule has 0 saturated carbocycles. The number of fused-ring (bicyclic) bond motifs is 3. The molecule has 0 bridgehead atoms. The summed E-state index contributed by atoms with van der Waals surface area (Å²) in [7, 11) is 0. The van der Waals surface area contributed by atoms with Crippen molar-refractivity contribution >= 4 is 11.3 Å². The van der Waals surface area contributed by atoms with Crippen LogP contribution in [0.2, 0.25) is 0 Å². The molecule has 14 heavy (non-hydrogen) atoms. The maximum absolute atomic E-state index is 5.72. The molecule has 0 fully saturated rings. The van der Waals surface area contributed by atoms with Gasteiger partial charge in [-0.1, -0.05) is 0 Å². The standard InChI is InChI=1S/C11H15NOS/c12-6-9-11-8(4-5-13-9)7-2-1-3-10(7)14-11/h9H,1-6,12H2. The van der Waals surface area contributed by atoms with E-state index in [9.17, 15) is 0 Å². The highest BCUT2D eigenvalue weighted by Gasteiger charge is 2.28. The van der Waals surface area contributed by atoms with Crippen LogP contribution in [0.3, 0.4) is 0 Å². The van der Waals surface area contributed by atoms with Gasteiger partial charge in [0.2, 0.25) is 0 Å². The van der Waals surface area contributed by atoms with Crippen LogP contribution < -0.4 is 5.73 Å². The van der Waals surface area contributed by atoms with E-state index in [-0.39, 0.29) is 6.10 Å². The van der Waals surface area contributed by atoms with Crippen molar-refractivity contribution in [1.82, 2.24) is 0 Å². The van der Waals surface area contributed by atoms with Crippen LogP contribution in [-0.4, -0.2) is 13.2 Å². The minimum absolute atomic E-state index is 0.189. The summed E-state index contributed by atoms with van der Waals surface area (Å²) in [4.78, 5) is 3.04. The maximum atomic E-state index is 5.72. The van der Waals surface area contributed by atoms with Crippen molar-refractivity contribution in [3.8, 4) is 0 Å². The number of hydrogen-bond donors (Lipinski definition) is 1. The van der Waals surface area contributed by atoms with Crippen molar-refractivity contribution in [3.63, 3.8) is 0 Å². The van der Waals surface area contributed by atoms with Crippen LogP contribution in [0.5, 0.6) is 0 Å². The van der Waals surface area contributed by atoms with Gasteiger partial charge in [0, 0.05) is 16.3 Å². The number of rotatable bonds is 1. The average molecular weight is 209 g/mol. The number of hydrogen-bond acceptors (Lipinski definition) is 3. The van der Waals surface area contributed by atoms with Gasteiger partial charge in [-0.3, -0.25) is 0 Å². The molecule has 1 aromatic rings. The predicted molar refractivity (Wildman–Crippen MR) is 57.8 cm³/mol. The van der Waals surface area contributed by atoms with Crippen LogP contribution in [0, 0.1) is 0 Å². The Balaban J connectivity index is 2.08. The van der Waals surface area contributed by atoms with Crippen LogP contribution in [0.1, 0.15) is 33.4 Å². The number of aryl methyl sites for hydroxylation is 1. The fraction of sp³-hybridized carbons (Fsp3) is 0.636. The normalized spacial score (nSPS) is 24.8. The third-order valence-electron chi connectivity index (χ3n) is 3.24. The SMILES string of the molecule is NCC1OCCc2c1sc1c2CCC1. The molecule has 2 nitrogen and oxygen atoms in total. The van der Waals surface area contributed by atoms with Gasteiger partial charge < -0.3 is 10.5 Å². The molecule has 1 aromatic heterocycles. The predicted octanol–water partition coefficient (Wildman–Crippen LogP) is 1.81. The third-order valence-corrected chi connectivity index (χ3v) is 4.67. The molecule has 2 N–H and O–H groups in total. The molecule has 3 heteroatoms. The Labute approximate surface area is 88.1 Å². The summed E-state index contributed by atoms with van der Waals surface area (Å²) in [6.45, 7) is 1.49. The van der Waals surface area contributed by atoms with Gasteiger partial charge in [0.1, 0.15) is 6.10 Å². The van der Waals surface area contributed by atoms with E-state index in [0.29, 0.717) is 6.54 Å². The zero-order chi connectivity index (χ0) is 9.54. The van der Waals surface area contributed by atoms with Crippen molar-refractivity contribution in [1.29, 1.82) is 0 Å². The van der Waals surface area contributed by atoms with Crippen molar-refractivity contribution in [2.45, 2.75) is 31.8 Å². The molecule has 1 atom stereocenters. The highest BCUT2D eigenvalue weighted by molar-refractivity contribution is 7.12. The van der Waals surface area contributed by atoms with Gasteiger partial charge in [-0.25, -0.2) is 0 Å². The third kappa shape index (κ3) is 1.16. The fourth-order valence-corrected chi connectivity index (χ4v) is 4.08. The van der Waals surface area contributed by atoms with E-state index in [4.69, 9.17) is 10.5 Å². The summed E-state index contributed by atoms with van der Waals surface area (Å²) in [5.74, 6) is 0. The van der Waals surface area contributed by atoms with Crippen molar-refractivity contribution in [3.05, 3.63) is 20.9 Å². The van der Waals surface area contributed by atoms with Crippen LogP contribution in [-0.2, 0) is 24.0 Å². The molecular weight excluding hydrogens is 194 g/mol. The largest absolute Gasteiger partial charge is 0.371 e. The molecule has 1 unspecified atom stereocenters. The molecule has 0 saturated heterocycles. The lowest BCUT2D eigenvalue weighted by atomic mass is 10.0. The molecule has 0 amide bonds. The molecule has 1 aliphatic carbocycles. The van der Waals surface area contributed by atoms with Crippen LogP contribution in [0.25, 0.3) is 0 Å². The summed E-state index contributed by atoms with van der Waals surface area (Å²) in [5.41, 5.74) is 8.95. The van der Waals surface area contributed by atoms with Gasteiger partial charge in [0.15, 0.2) is 0 Å². The monoisotopic (exact) mass is 209 g/mol. The second-order valence-electron chi connectivity index (χ2n) is 4.05. The quantitative estimate of drug-likeness (QED) is 0.765. The Morgan fingerprint density at radius 1 is 1.29 bits per heavy atom. The highest BCUT2D eigenvalue weighted by Crippen LogP contribution is 2.41. The first-order chi connectivity index (χ1) is 6.90. The number of ether oxygens (including phenoxy) is 1. The maximum Gasteiger partial charge on any atom is 0.104 e. The Hall–Kier alpha value is -0.380. The van der Waals surface area contributed by atoms with E-state index in [1.165, 1.54) is 24.1 Å². The minimum atomic E-state index is 0.189. The Morgan fingerprint density at radius 2 is 2.21 bits per heavy atom. The lowest BCUT2D eigenvalue weighted by molar-refractivity contribution is 0.0513. The lowest BCUT2D eigenvalue weighted by Gasteiger charge is -2.22. The van der Waals surface area contributed by atoms with E-state index in [1.54, 1.807) is 16.0 Å². The van der Waals surface area contributed by atoms with E-state index in [1.807, 2.05) is 11.3 Å². The first-order valence-corrected chi connectivity index (χ1v) is 6.16. The first kappa shape index (κ1) is 8.89. The molecule has 0 aromatic carbocycles. The molecule has 3 rings (SSSR count). The molecule has 1 aliphatic heterocycles. The van der Waals surface area contributed by atoms with E-state index < -0.39 is 0 Å². The summed E-state index contributed by atoms with van der Waals surface area (Å²) >= 11 is 1.95. The van der Waals surface area contributed by atoms with Crippen molar-refractivity contribution < 1.29 is 4.74 Å². The van der Waals surface area contributed by atoms with E-state index in [0.717, 1.165) is 13.0 Å². The summed E-state index contributed by atoms with van der Waals surface area (Å²) in [6.07, 6.45) is 5.22. The first-order valence-electron chi connectivity index (χ1n) is 5.35. The number of nitrogens with two attached hydrogens (primary N) is 1. The summed E-state index contributed by atoms with van der Waals surface area (Å²) < 4.78 is 5.68. The van der Waals surface area contributed by atoms with Crippen LogP contribution >= 0.6 is 11.3 Å². The van der Waals surface area contributed by atoms with Crippen LogP contribution in [0.4, 0.5) is 0 Å². The van der Waals surface area contributed by atoms with Gasteiger partial charge in [0.05, 0.1) is 6.61 Å². The Bertz CT molecular complexity index is 358. The molecule has 0 spiro atoms. The Kier molecular flexibility index (Phi) is 2.11. The van der Waals surface area contributed by atoms with Gasteiger partial charge in [-0.15, -0.1) is 11.3 Å². The van der Waals surface area contributed by atoms with Gasteiger partial charge in [-0.2, -0.15) is 0 Å². The van der Waals surface area contributed by atoms with Gasteiger partial charge in [-0.05, 0) is 36.8 Å². The van der Waals surface area contributed by atoms with Crippen molar-refractivity contribution in [2.24, 2.45) is 5.73 Å². The second kappa shape index (κ2) is 3.33. The number of thiophene rings is 1. The zero-order valence-corrected chi connectivity index (χ0v) is 9.03. The molecule has 76 valence electrons. The Morgan fingerprint density at radius 3 is 3.07 bits per heavy atom. The van der Waals surface area contributed by atoms with Gasteiger partial charge in [0.25, 0.3) is 0 Å². The fourth-order valence-electron chi connectivity index (χ4n) is 2.58. The molecular formula is C11H15NOS. The topological polar surface area (TPSA) is 35.2 Å². The summed E-state index contributed by atoms with van der Waals surface area (Å²) in [6, 6.07) is 0. The molecule has 2 aliphatic rings. The minimum Gasteiger partial charge on any atom is -0.371 e. The molecule has 2 heterocycles. The smallest absolute Gasteiger partial charge is 0.104 e. The molecule has 0 radical (unpaired) electrons. The highest BCUT2D eigenvalue weighted by atomic mass is 32.1. The summed E-state index contributed by atoms with van der Waals surface area (Å²) in [5, 5.41) is 0. The van der Waals surface area contributed by atoms with Gasteiger partial charge >= 0.3 is 0 Å².